The Morgan fingerprint density at radius 2 is 2.12 bits per heavy atom. The molecule has 4 rings (SSSR count). The van der Waals surface area contributed by atoms with Crippen LogP contribution < -0.4 is 4.90 Å². The van der Waals surface area contributed by atoms with Gasteiger partial charge in [0.2, 0.25) is 0 Å². The van der Waals surface area contributed by atoms with E-state index < -0.39 is 5.97 Å². The highest BCUT2D eigenvalue weighted by atomic mass is 16.4. The number of aromatic nitrogens is 2. The molecule has 1 aliphatic heterocycles. The summed E-state index contributed by atoms with van der Waals surface area (Å²) in [6.07, 6.45) is 5.28. The second kappa shape index (κ2) is 6.58. The van der Waals surface area contributed by atoms with Crippen LogP contribution in [0.25, 0.3) is 11.0 Å². The lowest BCUT2D eigenvalue weighted by atomic mass is 9.85. The van der Waals surface area contributed by atoms with Crippen LogP contribution in [-0.2, 0) is 17.8 Å². The molecule has 140 valence electrons. The minimum atomic E-state index is -0.710. The van der Waals surface area contributed by atoms with Crippen molar-refractivity contribution in [2.75, 3.05) is 11.9 Å². The van der Waals surface area contributed by atoms with Crippen molar-refractivity contribution in [1.82, 2.24) is 9.55 Å². The molecule has 0 amide bonds. The Labute approximate surface area is 153 Å². The third kappa shape index (κ3) is 2.67. The minimum Gasteiger partial charge on any atom is -0.481 e. The summed E-state index contributed by atoms with van der Waals surface area (Å²) in [7, 11) is 2.12. The average molecular weight is 357 g/mol. The third-order valence-electron chi connectivity index (χ3n) is 6.37. The Balaban J connectivity index is 1.81. The van der Waals surface area contributed by atoms with Gasteiger partial charge in [-0.2, -0.15) is 0 Å². The fourth-order valence-electron chi connectivity index (χ4n) is 4.76. The number of aliphatic hydroxyl groups excluding tert-OH is 1. The summed E-state index contributed by atoms with van der Waals surface area (Å²) in [5.74, 6) is -0.356. The molecule has 0 saturated heterocycles. The van der Waals surface area contributed by atoms with Gasteiger partial charge in [0.15, 0.2) is 0 Å². The van der Waals surface area contributed by atoms with Crippen LogP contribution >= 0.6 is 0 Å². The van der Waals surface area contributed by atoms with Gasteiger partial charge >= 0.3 is 5.97 Å². The minimum absolute atomic E-state index is 0.0929. The van der Waals surface area contributed by atoms with Crippen LogP contribution in [0.5, 0.6) is 0 Å². The summed E-state index contributed by atoms with van der Waals surface area (Å²) in [6.45, 7) is 2.11. The van der Waals surface area contributed by atoms with E-state index in [0.29, 0.717) is 18.3 Å². The van der Waals surface area contributed by atoms with Gasteiger partial charge in [-0.05, 0) is 51.2 Å². The van der Waals surface area contributed by atoms with E-state index in [1.807, 2.05) is 0 Å². The second-order valence-electron chi connectivity index (χ2n) is 7.84. The Kier molecular flexibility index (Phi) is 4.39. The van der Waals surface area contributed by atoms with E-state index in [-0.39, 0.29) is 18.6 Å². The van der Waals surface area contributed by atoms with Crippen LogP contribution in [0, 0.1) is 5.92 Å². The first kappa shape index (κ1) is 17.3. The quantitative estimate of drug-likeness (QED) is 0.882. The van der Waals surface area contributed by atoms with Crippen molar-refractivity contribution in [2.24, 2.45) is 5.92 Å². The van der Waals surface area contributed by atoms with E-state index in [0.717, 1.165) is 43.1 Å². The maximum Gasteiger partial charge on any atom is 0.306 e. The molecule has 0 spiro atoms. The molecule has 0 bridgehead atoms. The number of imidazole rings is 1. The highest BCUT2D eigenvalue weighted by Gasteiger charge is 2.31. The van der Waals surface area contributed by atoms with Crippen molar-refractivity contribution < 1.29 is 15.0 Å². The Hall–Kier alpha value is -2.08. The molecule has 2 N–H and O–H groups in total. The van der Waals surface area contributed by atoms with Crippen LogP contribution in [0.15, 0.2) is 12.1 Å². The van der Waals surface area contributed by atoms with Gasteiger partial charge in [0.05, 0.1) is 17.0 Å². The first-order valence-electron chi connectivity index (χ1n) is 9.60. The monoisotopic (exact) mass is 357 g/mol. The first-order chi connectivity index (χ1) is 12.5. The summed E-state index contributed by atoms with van der Waals surface area (Å²) >= 11 is 0. The standard InChI is InChI=1S/C20H27N3O3/c1-12-6-7-15-16(22(12)2)8-9-17-19(15)21-18(11-24)23(17)14-5-3-4-13(10-14)20(25)26/h8-9,12-14,24H,3-7,10-11H2,1-2H3,(H,25,26). The number of anilines is 1. The summed E-state index contributed by atoms with van der Waals surface area (Å²) in [6, 6.07) is 4.85. The van der Waals surface area contributed by atoms with Crippen LogP contribution in [0.4, 0.5) is 5.69 Å². The molecule has 1 fully saturated rings. The number of carboxylic acid groups (broad SMARTS) is 1. The zero-order chi connectivity index (χ0) is 18.4. The normalized spacial score (nSPS) is 26.1. The Bertz CT molecular complexity index is 844. The van der Waals surface area contributed by atoms with Crippen molar-refractivity contribution in [3.05, 3.63) is 23.5 Å². The molecule has 2 aromatic rings. The van der Waals surface area contributed by atoms with Crippen molar-refractivity contribution in [1.29, 1.82) is 0 Å². The smallest absolute Gasteiger partial charge is 0.306 e. The molecule has 26 heavy (non-hydrogen) atoms. The van der Waals surface area contributed by atoms with Gasteiger partial charge in [-0.1, -0.05) is 6.42 Å². The van der Waals surface area contributed by atoms with Crippen LogP contribution in [0.1, 0.15) is 56.5 Å². The number of benzene rings is 1. The van der Waals surface area contributed by atoms with Crippen LogP contribution in [-0.4, -0.2) is 38.8 Å². The summed E-state index contributed by atoms with van der Waals surface area (Å²) < 4.78 is 2.11. The molecule has 1 aromatic carbocycles. The lowest BCUT2D eigenvalue weighted by Gasteiger charge is -2.34. The van der Waals surface area contributed by atoms with Crippen molar-refractivity contribution in [2.45, 2.75) is 64.1 Å². The van der Waals surface area contributed by atoms with Gasteiger partial charge in [-0.15, -0.1) is 0 Å². The molecule has 6 heteroatoms. The maximum absolute atomic E-state index is 11.5. The van der Waals surface area contributed by atoms with Gasteiger partial charge in [0.1, 0.15) is 12.4 Å². The molecule has 3 atom stereocenters. The molecule has 3 unspecified atom stereocenters. The number of aryl methyl sites for hydroxylation is 1. The number of rotatable bonds is 3. The highest BCUT2D eigenvalue weighted by Crippen LogP contribution is 2.39. The number of hydrogen-bond acceptors (Lipinski definition) is 4. The largest absolute Gasteiger partial charge is 0.481 e. The van der Waals surface area contributed by atoms with Crippen molar-refractivity contribution >= 4 is 22.7 Å². The van der Waals surface area contributed by atoms with E-state index in [4.69, 9.17) is 4.98 Å². The lowest BCUT2D eigenvalue weighted by molar-refractivity contribution is -0.143. The molecule has 1 aromatic heterocycles. The second-order valence-corrected chi connectivity index (χ2v) is 7.84. The lowest BCUT2D eigenvalue weighted by Crippen LogP contribution is -2.33. The highest BCUT2D eigenvalue weighted by molar-refractivity contribution is 5.86. The Morgan fingerprint density at radius 3 is 2.85 bits per heavy atom. The molecular weight excluding hydrogens is 330 g/mol. The number of nitrogens with zero attached hydrogens (tertiary/aromatic N) is 3. The number of aliphatic carboxylic acids is 1. The van der Waals surface area contributed by atoms with Gasteiger partial charge in [-0.25, -0.2) is 4.98 Å². The number of carbonyl (C=O) groups is 1. The van der Waals surface area contributed by atoms with Crippen LogP contribution in [0.3, 0.4) is 0 Å². The van der Waals surface area contributed by atoms with Crippen LogP contribution in [0.2, 0.25) is 0 Å². The number of carboxylic acids is 1. The first-order valence-corrected chi connectivity index (χ1v) is 9.60. The number of aliphatic hydroxyl groups is 1. The van der Waals surface area contributed by atoms with Crippen molar-refractivity contribution in [3.63, 3.8) is 0 Å². The van der Waals surface area contributed by atoms with E-state index in [1.165, 1.54) is 11.3 Å². The SMILES string of the molecule is CC1CCc2c(ccc3c2nc(CO)n3C2CCCC(C(=O)O)C2)N1C. The van der Waals surface area contributed by atoms with Crippen molar-refractivity contribution in [3.8, 4) is 0 Å². The number of fused-ring (bicyclic) bond motifs is 3. The number of hydrogen-bond donors (Lipinski definition) is 2. The van der Waals surface area contributed by atoms with Gasteiger partial charge in [0.25, 0.3) is 0 Å². The molecule has 1 aliphatic carbocycles. The molecule has 6 nitrogen and oxygen atoms in total. The van der Waals surface area contributed by atoms with Gasteiger partial charge in [-0.3, -0.25) is 4.79 Å². The predicted octanol–water partition coefficient (Wildman–Crippen LogP) is 3.12. The zero-order valence-corrected chi connectivity index (χ0v) is 15.5. The molecule has 2 heterocycles. The summed E-state index contributed by atoms with van der Waals surface area (Å²) in [5, 5.41) is 19.3. The molecular formula is C20H27N3O3. The zero-order valence-electron chi connectivity index (χ0n) is 15.5. The molecule has 1 saturated carbocycles. The summed E-state index contributed by atoms with van der Waals surface area (Å²) in [5.41, 5.74) is 4.48. The molecule has 0 radical (unpaired) electrons. The van der Waals surface area contributed by atoms with Gasteiger partial charge in [0, 0.05) is 30.4 Å². The predicted molar refractivity (Wildman–Crippen MR) is 100 cm³/mol. The summed E-state index contributed by atoms with van der Waals surface area (Å²) in [4.78, 5) is 18.6. The fourth-order valence-corrected chi connectivity index (χ4v) is 4.76. The van der Waals surface area contributed by atoms with E-state index in [2.05, 4.69) is 35.6 Å². The Morgan fingerprint density at radius 1 is 1.31 bits per heavy atom. The topological polar surface area (TPSA) is 78.6 Å². The average Bonchev–Trinajstić information content (AvgIpc) is 3.03. The van der Waals surface area contributed by atoms with Gasteiger partial charge < -0.3 is 19.7 Å². The maximum atomic E-state index is 11.5. The van der Waals surface area contributed by atoms with E-state index in [1.54, 1.807) is 0 Å². The molecule has 2 aliphatic rings. The van der Waals surface area contributed by atoms with E-state index in [9.17, 15) is 15.0 Å². The third-order valence-corrected chi connectivity index (χ3v) is 6.37. The fraction of sp³-hybridized carbons (Fsp3) is 0.600. The van der Waals surface area contributed by atoms with E-state index >= 15 is 0 Å².